The topological polar surface area (TPSA) is 71.1 Å². The predicted octanol–water partition coefficient (Wildman–Crippen LogP) is 2.07. The van der Waals surface area contributed by atoms with Crippen molar-refractivity contribution in [2.24, 2.45) is 5.92 Å². The Morgan fingerprint density at radius 2 is 1.50 bits per heavy atom. The highest BCUT2D eigenvalue weighted by Gasteiger charge is 2.22. The highest BCUT2D eigenvalue weighted by molar-refractivity contribution is 7.86. The van der Waals surface area contributed by atoms with E-state index in [1.54, 1.807) is 0 Å². The van der Waals surface area contributed by atoms with Crippen molar-refractivity contribution in [1.82, 2.24) is 0 Å². The zero-order valence-corrected chi connectivity index (χ0v) is 13.1. The Labute approximate surface area is 119 Å². The number of rotatable bonds is 7. The second-order valence-corrected chi connectivity index (χ2v) is 6.11. The molecule has 0 amide bonds. The van der Waals surface area contributed by atoms with Crippen LogP contribution in [0, 0.1) is 5.92 Å². The first-order valence-electron chi connectivity index (χ1n) is 6.05. The van der Waals surface area contributed by atoms with Gasteiger partial charge in [0.15, 0.2) is 11.5 Å². The maximum atomic E-state index is 12.1. The Morgan fingerprint density at radius 3 is 1.85 bits per heavy atom. The van der Waals surface area contributed by atoms with Gasteiger partial charge in [-0.1, -0.05) is 13.8 Å². The summed E-state index contributed by atoms with van der Waals surface area (Å²) in [5.74, 6) is 0.960. The maximum absolute atomic E-state index is 12.1. The molecule has 0 aromatic heterocycles. The van der Waals surface area contributed by atoms with E-state index in [-0.39, 0.29) is 28.9 Å². The Morgan fingerprint density at radius 1 is 1.00 bits per heavy atom. The van der Waals surface area contributed by atoms with E-state index in [4.69, 9.17) is 18.4 Å². The molecule has 0 unspecified atom stereocenters. The van der Waals surface area contributed by atoms with Gasteiger partial charge in [-0.2, -0.15) is 8.42 Å². The molecule has 0 fully saturated rings. The number of ether oxygens (including phenoxy) is 3. The first-order chi connectivity index (χ1) is 9.35. The van der Waals surface area contributed by atoms with Gasteiger partial charge < -0.3 is 14.2 Å². The Balaban J connectivity index is 3.25. The molecule has 1 aromatic rings. The molecule has 0 saturated heterocycles. The lowest BCUT2D eigenvalue weighted by Gasteiger charge is -2.14. The molecule has 0 radical (unpaired) electrons. The number of methoxy groups -OCH3 is 3. The molecule has 0 saturated carbocycles. The molecular formula is C13H20O6S. The predicted molar refractivity (Wildman–Crippen MR) is 74.1 cm³/mol. The van der Waals surface area contributed by atoms with Crippen LogP contribution in [0.3, 0.4) is 0 Å². The van der Waals surface area contributed by atoms with Gasteiger partial charge in [-0.15, -0.1) is 0 Å². The van der Waals surface area contributed by atoms with Crippen molar-refractivity contribution in [3.8, 4) is 17.2 Å². The number of hydrogen-bond donors (Lipinski definition) is 0. The second-order valence-electron chi connectivity index (χ2n) is 4.49. The molecule has 0 heterocycles. The summed E-state index contributed by atoms with van der Waals surface area (Å²) in [6.45, 7) is 3.84. The third-order valence-electron chi connectivity index (χ3n) is 2.48. The van der Waals surface area contributed by atoms with Gasteiger partial charge in [0, 0.05) is 12.1 Å². The van der Waals surface area contributed by atoms with Crippen molar-refractivity contribution in [3.05, 3.63) is 12.1 Å². The fourth-order valence-corrected chi connectivity index (χ4v) is 2.59. The summed E-state index contributed by atoms with van der Waals surface area (Å²) >= 11 is 0. The fraction of sp³-hybridized carbons (Fsp3) is 0.538. The van der Waals surface area contributed by atoms with Gasteiger partial charge in [-0.25, -0.2) is 0 Å². The van der Waals surface area contributed by atoms with E-state index in [9.17, 15) is 8.42 Å². The van der Waals surface area contributed by atoms with Crippen LogP contribution in [-0.2, 0) is 14.3 Å². The van der Waals surface area contributed by atoms with Crippen LogP contribution < -0.4 is 14.2 Å². The molecule has 0 aliphatic rings. The first-order valence-corrected chi connectivity index (χ1v) is 7.46. The van der Waals surface area contributed by atoms with Crippen molar-refractivity contribution >= 4 is 10.1 Å². The Bertz CT molecular complexity index is 525. The third-order valence-corrected chi connectivity index (χ3v) is 3.74. The molecular weight excluding hydrogens is 284 g/mol. The van der Waals surface area contributed by atoms with Gasteiger partial charge in [0.25, 0.3) is 10.1 Å². The zero-order valence-electron chi connectivity index (χ0n) is 12.3. The van der Waals surface area contributed by atoms with Crippen molar-refractivity contribution in [3.63, 3.8) is 0 Å². The van der Waals surface area contributed by atoms with Crippen LogP contribution in [0.1, 0.15) is 13.8 Å². The van der Waals surface area contributed by atoms with Gasteiger partial charge in [-0.05, 0) is 5.92 Å². The second kappa shape index (κ2) is 6.81. The maximum Gasteiger partial charge on any atom is 0.297 e. The van der Waals surface area contributed by atoms with E-state index in [2.05, 4.69) is 0 Å². The normalized spacial score (nSPS) is 11.5. The summed E-state index contributed by atoms with van der Waals surface area (Å²) in [5.41, 5.74) is 0. The summed E-state index contributed by atoms with van der Waals surface area (Å²) in [6.07, 6.45) is 0. The van der Waals surface area contributed by atoms with E-state index < -0.39 is 10.1 Å². The average molecular weight is 304 g/mol. The molecule has 20 heavy (non-hydrogen) atoms. The third kappa shape index (κ3) is 3.77. The monoisotopic (exact) mass is 304 g/mol. The molecule has 0 N–H and O–H groups in total. The van der Waals surface area contributed by atoms with E-state index in [1.807, 2.05) is 13.8 Å². The van der Waals surface area contributed by atoms with E-state index >= 15 is 0 Å². The smallest absolute Gasteiger partial charge is 0.297 e. The fourth-order valence-electron chi connectivity index (χ4n) is 1.50. The van der Waals surface area contributed by atoms with Crippen molar-refractivity contribution in [2.75, 3.05) is 27.9 Å². The molecule has 0 bridgehead atoms. The minimum absolute atomic E-state index is 0.0346. The lowest BCUT2D eigenvalue weighted by Crippen LogP contribution is -2.11. The SMILES string of the molecule is COc1cc(S(=O)(=O)OCC(C)C)cc(OC)c1OC. The molecule has 0 atom stereocenters. The molecule has 0 aliphatic heterocycles. The van der Waals surface area contributed by atoms with Crippen LogP contribution in [0.5, 0.6) is 17.2 Å². The summed E-state index contributed by atoms with van der Waals surface area (Å²) < 4.78 is 44.5. The van der Waals surface area contributed by atoms with Crippen LogP contribution in [-0.4, -0.2) is 36.4 Å². The van der Waals surface area contributed by atoms with Gasteiger partial charge >= 0.3 is 0 Å². The van der Waals surface area contributed by atoms with Gasteiger partial charge in [0.1, 0.15) is 4.90 Å². The van der Waals surface area contributed by atoms with Crippen LogP contribution in [0.25, 0.3) is 0 Å². The molecule has 7 heteroatoms. The van der Waals surface area contributed by atoms with Crippen LogP contribution >= 0.6 is 0 Å². The molecule has 0 spiro atoms. The lowest BCUT2D eigenvalue weighted by molar-refractivity contribution is 0.274. The summed E-state index contributed by atoms with van der Waals surface area (Å²) in [4.78, 5) is -0.0346. The van der Waals surface area contributed by atoms with Crippen molar-refractivity contribution in [2.45, 2.75) is 18.7 Å². The average Bonchev–Trinajstić information content (AvgIpc) is 2.43. The highest BCUT2D eigenvalue weighted by atomic mass is 32.2. The zero-order chi connectivity index (χ0) is 15.3. The van der Waals surface area contributed by atoms with Gasteiger partial charge in [0.05, 0.1) is 27.9 Å². The largest absolute Gasteiger partial charge is 0.493 e. The van der Waals surface area contributed by atoms with E-state index in [0.717, 1.165) is 0 Å². The van der Waals surface area contributed by atoms with E-state index in [0.29, 0.717) is 5.75 Å². The number of hydrogen-bond acceptors (Lipinski definition) is 6. The summed E-state index contributed by atoms with van der Waals surface area (Å²) in [7, 11) is 0.426. The molecule has 6 nitrogen and oxygen atoms in total. The van der Waals surface area contributed by atoms with Crippen LogP contribution in [0.4, 0.5) is 0 Å². The molecule has 0 aliphatic carbocycles. The van der Waals surface area contributed by atoms with Crippen LogP contribution in [0.2, 0.25) is 0 Å². The van der Waals surface area contributed by atoms with Crippen molar-refractivity contribution < 1.29 is 26.8 Å². The molecule has 1 aromatic carbocycles. The van der Waals surface area contributed by atoms with Gasteiger partial charge in [0.2, 0.25) is 5.75 Å². The van der Waals surface area contributed by atoms with Crippen LogP contribution in [0.15, 0.2) is 17.0 Å². The summed E-state index contributed by atoms with van der Waals surface area (Å²) in [5, 5.41) is 0. The Hall–Kier alpha value is -1.47. The minimum Gasteiger partial charge on any atom is -0.493 e. The minimum atomic E-state index is -3.86. The quantitative estimate of drug-likeness (QED) is 0.718. The molecule has 1 rings (SSSR count). The van der Waals surface area contributed by atoms with Gasteiger partial charge in [-0.3, -0.25) is 4.18 Å². The highest BCUT2D eigenvalue weighted by Crippen LogP contribution is 2.39. The Kier molecular flexibility index (Phi) is 5.64. The lowest BCUT2D eigenvalue weighted by atomic mass is 10.2. The van der Waals surface area contributed by atoms with E-state index in [1.165, 1.54) is 33.5 Å². The summed E-state index contributed by atoms with van der Waals surface area (Å²) in [6, 6.07) is 2.69. The first kappa shape index (κ1) is 16.6. The molecule has 114 valence electrons. The standard InChI is InChI=1S/C13H20O6S/c1-9(2)8-19-20(14,15)10-6-11(16-3)13(18-5)12(7-10)17-4/h6-7,9H,8H2,1-5H3. The van der Waals surface area contributed by atoms with Crippen molar-refractivity contribution in [1.29, 1.82) is 0 Å². The number of benzene rings is 1.